The van der Waals surface area contributed by atoms with Crippen molar-refractivity contribution in [3.63, 3.8) is 0 Å². The highest BCUT2D eigenvalue weighted by Crippen LogP contribution is 2.25. The van der Waals surface area contributed by atoms with Gasteiger partial charge in [0.05, 0.1) is 6.04 Å². The number of likely N-dealkylation sites (N-methyl/N-ethyl adjacent to an activating group) is 2. The summed E-state index contributed by atoms with van der Waals surface area (Å²) in [7, 11) is 3.79. The van der Waals surface area contributed by atoms with Crippen LogP contribution in [0.15, 0.2) is 0 Å². The highest BCUT2D eigenvalue weighted by molar-refractivity contribution is 5.80. The molecule has 0 spiro atoms. The summed E-state index contributed by atoms with van der Waals surface area (Å²) < 4.78 is 0. The second-order valence-corrected chi connectivity index (χ2v) is 3.41. The monoisotopic (exact) mass is 171 g/mol. The fourth-order valence-corrected chi connectivity index (χ4v) is 1.28. The van der Waals surface area contributed by atoms with Crippen LogP contribution in [0.5, 0.6) is 0 Å². The molecule has 1 rings (SSSR count). The van der Waals surface area contributed by atoms with Gasteiger partial charge in [-0.05, 0) is 26.9 Å². The molecular formula is C8H17N3O. The molecule has 4 heteroatoms. The number of carbonyl (C=O) groups excluding carboxylic acids is 1. The minimum atomic E-state index is -0.273. The summed E-state index contributed by atoms with van der Waals surface area (Å²) in [5.74, 6) is -0.273. The smallest absolute Gasteiger partial charge is 0.235 e. The number of nitrogens with zero attached hydrogens (tertiary/aromatic N) is 1. The summed E-state index contributed by atoms with van der Waals surface area (Å²) in [4.78, 5) is 13.0. The number of primary amides is 1. The maximum atomic E-state index is 10.8. The third-order valence-electron chi connectivity index (χ3n) is 2.33. The Labute approximate surface area is 73.1 Å². The van der Waals surface area contributed by atoms with Gasteiger partial charge >= 0.3 is 0 Å². The largest absolute Gasteiger partial charge is 0.368 e. The second-order valence-electron chi connectivity index (χ2n) is 3.41. The molecule has 1 aliphatic carbocycles. The van der Waals surface area contributed by atoms with Crippen LogP contribution in [0.3, 0.4) is 0 Å². The van der Waals surface area contributed by atoms with Gasteiger partial charge in [0, 0.05) is 12.6 Å². The molecule has 0 heterocycles. The molecule has 0 aromatic carbocycles. The first-order chi connectivity index (χ1) is 5.65. The van der Waals surface area contributed by atoms with E-state index in [4.69, 9.17) is 5.73 Å². The van der Waals surface area contributed by atoms with Gasteiger partial charge in [-0.1, -0.05) is 0 Å². The minimum absolute atomic E-state index is 0.212. The standard InChI is InChI=1S/C8H17N3O/c1-10-7(8(9)12)5-11(2)6-3-4-6/h6-7,10H,3-5H2,1-2H3,(H2,9,12). The zero-order chi connectivity index (χ0) is 9.14. The molecule has 3 N–H and O–H groups in total. The lowest BCUT2D eigenvalue weighted by atomic mass is 10.2. The van der Waals surface area contributed by atoms with Crippen molar-refractivity contribution in [2.24, 2.45) is 5.73 Å². The van der Waals surface area contributed by atoms with Crippen molar-refractivity contribution in [2.75, 3.05) is 20.6 Å². The molecule has 1 fully saturated rings. The van der Waals surface area contributed by atoms with Crippen molar-refractivity contribution in [1.29, 1.82) is 0 Å². The molecule has 1 saturated carbocycles. The first kappa shape index (κ1) is 9.48. The lowest BCUT2D eigenvalue weighted by Crippen LogP contribution is -2.47. The summed E-state index contributed by atoms with van der Waals surface area (Å²) in [6.45, 7) is 0.719. The number of carbonyl (C=O) groups is 1. The number of hydrogen-bond acceptors (Lipinski definition) is 3. The highest BCUT2D eigenvalue weighted by atomic mass is 16.1. The Morgan fingerprint density at radius 3 is 2.67 bits per heavy atom. The van der Waals surface area contributed by atoms with E-state index < -0.39 is 0 Å². The van der Waals surface area contributed by atoms with Gasteiger partial charge in [-0.25, -0.2) is 0 Å². The van der Waals surface area contributed by atoms with Crippen LogP contribution in [0.1, 0.15) is 12.8 Å². The number of hydrogen-bond donors (Lipinski definition) is 2. The van der Waals surface area contributed by atoms with E-state index in [0.717, 1.165) is 6.54 Å². The van der Waals surface area contributed by atoms with Crippen molar-refractivity contribution >= 4 is 5.91 Å². The third-order valence-corrected chi connectivity index (χ3v) is 2.33. The Bertz CT molecular complexity index is 168. The summed E-state index contributed by atoms with van der Waals surface area (Å²) in [5, 5.41) is 2.90. The topological polar surface area (TPSA) is 58.4 Å². The molecular weight excluding hydrogens is 154 g/mol. The van der Waals surface area contributed by atoms with Crippen LogP contribution < -0.4 is 11.1 Å². The predicted molar refractivity (Wildman–Crippen MR) is 47.7 cm³/mol. The van der Waals surface area contributed by atoms with Crippen LogP contribution in [-0.4, -0.2) is 43.5 Å². The van der Waals surface area contributed by atoms with Gasteiger partial charge in [0.1, 0.15) is 0 Å². The van der Waals surface area contributed by atoms with E-state index in [0.29, 0.717) is 6.04 Å². The number of amides is 1. The summed E-state index contributed by atoms with van der Waals surface area (Å²) in [5.41, 5.74) is 5.19. The van der Waals surface area contributed by atoms with Crippen LogP contribution in [0.2, 0.25) is 0 Å². The minimum Gasteiger partial charge on any atom is -0.368 e. The first-order valence-electron chi connectivity index (χ1n) is 4.32. The lowest BCUT2D eigenvalue weighted by molar-refractivity contribution is -0.120. The Hall–Kier alpha value is -0.610. The van der Waals surface area contributed by atoms with Crippen LogP contribution >= 0.6 is 0 Å². The van der Waals surface area contributed by atoms with E-state index >= 15 is 0 Å². The molecule has 1 amide bonds. The fraction of sp³-hybridized carbons (Fsp3) is 0.875. The molecule has 0 aromatic rings. The van der Waals surface area contributed by atoms with Gasteiger partial charge in [0.15, 0.2) is 0 Å². The average Bonchev–Trinajstić information content (AvgIpc) is 2.80. The van der Waals surface area contributed by atoms with Crippen LogP contribution in [0, 0.1) is 0 Å². The number of nitrogens with two attached hydrogens (primary N) is 1. The zero-order valence-electron chi connectivity index (χ0n) is 7.71. The first-order valence-corrected chi connectivity index (χ1v) is 4.32. The van der Waals surface area contributed by atoms with Crippen molar-refractivity contribution in [1.82, 2.24) is 10.2 Å². The molecule has 12 heavy (non-hydrogen) atoms. The summed E-state index contributed by atoms with van der Waals surface area (Å²) in [6.07, 6.45) is 2.51. The molecule has 0 aromatic heterocycles. The summed E-state index contributed by atoms with van der Waals surface area (Å²) >= 11 is 0. The van der Waals surface area contributed by atoms with Crippen LogP contribution in [-0.2, 0) is 4.79 Å². The van der Waals surface area contributed by atoms with E-state index in [1.807, 2.05) is 7.05 Å². The van der Waals surface area contributed by atoms with Gasteiger partial charge < -0.3 is 16.0 Å². The molecule has 0 bridgehead atoms. The van der Waals surface area contributed by atoms with Gasteiger partial charge in [-0.15, -0.1) is 0 Å². The number of rotatable bonds is 5. The van der Waals surface area contributed by atoms with Gasteiger partial charge in [0.25, 0.3) is 0 Å². The molecule has 1 aliphatic rings. The van der Waals surface area contributed by atoms with Crippen molar-refractivity contribution < 1.29 is 4.79 Å². The Balaban J connectivity index is 2.30. The molecule has 0 radical (unpaired) electrons. The van der Waals surface area contributed by atoms with E-state index in [-0.39, 0.29) is 11.9 Å². The normalized spacial score (nSPS) is 19.6. The van der Waals surface area contributed by atoms with Gasteiger partial charge in [-0.2, -0.15) is 0 Å². The predicted octanol–water partition coefficient (Wildman–Crippen LogP) is -0.846. The molecule has 0 aliphatic heterocycles. The second kappa shape index (κ2) is 3.87. The molecule has 0 saturated heterocycles. The maximum Gasteiger partial charge on any atom is 0.235 e. The highest BCUT2D eigenvalue weighted by Gasteiger charge is 2.28. The Morgan fingerprint density at radius 1 is 1.75 bits per heavy atom. The van der Waals surface area contributed by atoms with E-state index in [9.17, 15) is 4.79 Å². The quantitative estimate of drug-likeness (QED) is 0.566. The van der Waals surface area contributed by atoms with Crippen molar-refractivity contribution in [3.05, 3.63) is 0 Å². The lowest BCUT2D eigenvalue weighted by Gasteiger charge is -2.20. The Morgan fingerprint density at radius 2 is 2.33 bits per heavy atom. The van der Waals surface area contributed by atoms with Crippen molar-refractivity contribution in [3.8, 4) is 0 Å². The SMILES string of the molecule is CNC(CN(C)C1CC1)C(N)=O. The molecule has 1 unspecified atom stereocenters. The molecule has 1 atom stereocenters. The maximum absolute atomic E-state index is 10.8. The Kier molecular flexibility index (Phi) is 3.05. The van der Waals surface area contributed by atoms with E-state index in [1.165, 1.54) is 12.8 Å². The van der Waals surface area contributed by atoms with Gasteiger partial charge in [0.2, 0.25) is 5.91 Å². The van der Waals surface area contributed by atoms with Crippen LogP contribution in [0.25, 0.3) is 0 Å². The van der Waals surface area contributed by atoms with E-state index in [1.54, 1.807) is 7.05 Å². The van der Waals surface area contributed by atoms with Crippen LogP contribution in [0.4, 0.5) is 0 Å². The average molecular weight is 171 g/mol. The molecule has 70 valence electrons. The number of nitrogens with one attached hydrogen (secondary N) is 1. The van der Waals surface area contributed by atoms with Gasteiger partial charge in [-0.3, -0.25) is 4.79 Å². The fourth-order valence-electron chi connectivity index (χ4n) is 1.28. The third kappa shape index (κ3) is 2.46. The molecule has 4 nitrogen and oxygen atoms in total. The van der Waals surface area contributed by atoms with E-state index in [2.05, 4.69) is 10.2 Å². The van der Waals surface area contributed by atoms with Crippen molar-refractivity contribution in [2.45, 2.75) is 24.9 Å². The summed E-state index contributed by atoms with van der Waals surface area (Å²) in [6, 6.07) is 0.468. The zero-order valence-corrected chi connectivity index (χ0v) is 7.71.